The quantitative estimate of drug-likeness (QED) is 0.877. The second kappa shape index (κ2) is 4.85. The number of ether oxygens (including phenoxy) is 1. The van der Waals surface area contributed by atoms with Gasteiger partial charge in [-0.1, -0.05) is 0 Å². The van der Waals surface area contributed by atoms with Crippen LogP contribution in [0.4, 0.5) is 0 Å². The van der Waals surface area contributed by atoms with E-state index in [1.807, 2.05) is 0 Å². The van der Waals surface area contributed by atoms with Crippen molar-refractivity contribution in [3.63, 3.8) is 0 Å². The van der Waals surface area contributed by atoms with E-state index in [-0.39, 0.29) is 12.3 Å². The lowest BCUT2D eigenvalue weighted by Crippen LogP contribution is -2.04. The fourth-order valence-corrected chi connectivity index (χ4v) is 2.05. The van der Waals surface area contributed by atoms with Crippen molar-refractivity contribution in [3.05, 3.63) is 34.2 Å². The van der Waals surface area contributed by atoms with Crippen LogP contribution in [0.2, 0.25) is 0 Å². The van der Waals surface area contributed by atoms with E-state index in [2.05, 4.69) is 20.9 Å². The second-order valence-electron chi connectivity index (χ2n) is 3.42. The standard InChI is InChI=1S/C11H11BrN2O3/c1-2-17-11(16)9-5-14-4-8(12)3-7(6-15)10(14)13-9/h3-5,15H,2,6H2,1H3. The van der Waals surface area contributed by atoms with Gasteiger partial charge in [-0.25, -0.2) is 9.78 Å². The van der Waals surface area contributed by atoms with Crippen LogP contribution >= 0.6 is 15.9 Å². The van der Waals surface area contributed by atoms with Crippen LogP contribution in [0.15, 0.2) is 22.9 Å². The molecule has 0 saturated carbocycles. The summed E-state index contributed by atoms with van der Waals surface area (Å²) in [7, 11) is 0. The van der Waals surface area contributed by atoms with Gasteiger partial charge in [-0.15, -0.1) is 0 Å². The molecule has 0 fully saturated rings. The number of imidazole rings is 1. The minimum Gasteiger partial charge on any atom is -0.461 e. The molecule has 0 saturated heterocycles. The van der Waals surface area contributed by atoms with E-state index in [1.54, 1.807) is 29.8 Å². The number of nitrogens with zero attached hydrogens (tertiary/aromatic N) is 2. The van der Waals surface area contributed by atoms with E-state index in [4.69, 9.17) is 4.74 Å². The van der Waals surface area contributed by atoms with Crippen LogP contribution in [0.5, 0.6) is 0 Å². The van der Waals surface area contributed by atoms with Gasteiger partial charge in [0.15, 0.2) is 5.69 Å². The summed E-state index contributed by atoms with van der Waals surface area (Å²) in [5.41, 5.74) is 1.44. The number of fused-ring (bicyclic) bond motifs is 1. The number of aromatic nitrogens is 2. The molecule has 0 radical (unpaired) electrons. The van der Waals surface area contributed by atoms with Gasteiger partial charge in [0.1, 0.15) is 5.65 Å². The maximum atomic E-state index is 11.5. The number of carbonyl (C=O) groups excluding carboxylic acids is 1. The zero-order valence-electron chi connectivity index (χ0n) is 9.18. The number of halogens is 1. The lowest BCUT2D eigenvalue weighted by Gasteiger charge is -2.00. The molecule has 90 valence electrons. The molecule has 5 nitrogen and oxygen atoms in total. The monoisotopic (exact) mass is 298 g/mol. The van der Waals surface area contributed by atoms with Crippen molar-refractivity contribution in [1.29, 1.82) is 0 Å². The lowest BCUT2D eigenvalue weighted by atomic mass is 10.3. The van der Waals surface area contributed by atoms with Gasteiger partial charge in [-0.2, -0.15) is 0 Å². The normalized spacial score (nSPS) is 10.8. The molecule has 0 unspecified atom stereocenters. The Balaban J connectivity index is 2.53. The minimum absolute atomic E-state index is 0.137. The number of pyridine rings is 1. The number of rotatable bonds is 3. The summed E-state index contributed by atoms with van der Waals surface area (Å²) in [6, 6.07) is 1.76. The molecule has 0 spiro atoms. The zero-order valence-corrected chi connectivity index (χ0v) is 10.8. The molecule has 0 aliphatic carbocycles. The van der Waals surface area contributed by atoms with E-state index in [0.29, 0.717) is 17.8 Å². The molecule has 17 heavy (non-hydrogen) atoms. The van der Waals surface area contributed by atoms with Gasteiger partial charge < -0.3 is 14.2 Å². The van der Waals surface area contributed by atoms with E-state index < -0.39 is 5.97 Å². The van der Waals surface area contributed by atoms with Crippen LogP contribution in [0.25, 0.3) is 5.65 Å². The topological polar surface area (TPSA) is 63.8 Å². The first-order valence-electron chi connectivity index (χ1n) is 5.10. The van der Waals surface area contributed by atoms with Crippen molar-refractivity contribution in [2.24, 2.45) is 0 Å². The van der Waals surface area contributed by atoms with Crippen LogP contribution < -0.4 is 0 Å². The first-order valence-corrected chi connectivity index (χ1v) is 5.90. The Morgan fingerprint density at radius 1 is 1.59 bits per heavy atom. The molecule has 1 N–H and O–H groups in total. The Labute approximate surface area is 106 Å². The van der Waals surface area contributed by atoms with E-state index in [9.17, 15) is 9.90 Å². The predicted molar refractivity (Wildman–Crippen MR) is 64.8 cm³/mol. The molecule has 0 atom stereocenters. The van der Waals surface area contributed by atoms with Crippen molar-refractivity contribution in [2.45, 2.75) is 13.5 Å². The maximum Gasteiger partial charge on any atom is 0.358 e. The summed E-state index contributed by atoms with van der Waals surface area (Å²) >= 11 is 3.33. The third-order valence-corrected chi connectivity index (χ3v) is 2.68. The Bertz CT molecular complexity index is 565. The van der Waals surface area contributed by atoms with Crippen LogP contribution in [0.3, 0.4) is 0 Å². The molecular weight excluding hydrogens is 288 g/mol. The average molecular weight is 299 g/mol. The summed E-state index contributed by atoms with van der Waals surface area (Å²) in [6.07, 6.45) is 3.35. The van der Waals surface area contributed by atoms with Gasteiger partial charge in [0, 0.05) is 22.4 Å². The molecule has 6 heteroatoms. The smallest absolute Gasteiger partial charge is 0.358 e. The lowest BCUT2D eigenvalue weighted by molar-refractivity contribution is 0.0520. The Hall–Kier alpha value is -1.40. The zero-order chi connectivity index (χ0) is 12.4. The second-order valence-corrected chi connectivity index (χ2v) is 4.33. The van der Waals surface area contributed by atoms with Crippen molar-refractivity contribution >= 4 is 27.5 Å². The highest BCUT2D eigenvalue weighted by atomic mass is 79.9. The van der Waals surface area contributed by atoms with Gasteiger partial charge in [-0.05, 0) is 28.9 Å². The molecule has 0 amide bonds. The molecule has 2 rings (SSSR count). The Morgan fingerprint density at radius 3 is 3.00 bits per heavy atom. The van der Waals surface area contributed by atoms with Crippen LogP contribution in [-0.2, 0) is 11.3 Å². The summed E-state index contributed by atoms with van der Waals surface area (Å²) in [6.45, 7) is 1.91. The molecule has 0 aliphatic rings. The van der Waals surface area contributed by atoms with Gasteiger partial charge in [0.05, 0.1) is 13.2 Å². The van der Waals surface area contributed by atoms with Crippen LogP contribution in [0.1, 0.15) is 23.0 Å². The largest absolute Gasteiger partial charge is 0.461 e. The highest BCUT2D eigenvalue weighted by molar-refractivity contribution is 9.10. The SMILES string of the molecule is CCOC(=O)c1cn2cc(Br)cc(CO)c2n1. The highest BCUT2D eigenvalue weighted by Crippen LogP contribution is 2.18. The molecule has 0 aliphatic heterocycles. The number of aliphatic hydroxyl groups is 1. The fourth-order valence-electron chi connectivity index (χ4n) is 1.55. The van der Waals surface area contributed by atoms with E-state index in [0.717, 1.165) is 4.47 Å². The number of esters is 1. The van der Waals surface area contributed by atoms with E-state index in [1.165, 1.54) is 0 Å². The minimum atomic E-state index is -0.462. The van der Waals surface area contributed by atoms with Crippen molar-refractivity contribution in [1.82, 2.24) is 9.38 Å². The van der Waals surface area contributed by atoms with Crippen LogP contribution in [-0.4, -0.2) is 27.1 Å². The molecule has 0 bridgehead atoms. The highest BCUT2D eigenvalue weighted by Gasteiger charge is 2.13. The summed E-state index contributed by atoms with van der Waals surface area (Å²) in [4.78, 5) is 15.7. The first kappa shape index (κ1) is 12.1. The molecule has 2 heterocycles. The summed E-state index contributed by atoms with van der Waals surface area (Å²) in [5, 5.41) is 9.22. The third kappa shape index (κ3) is 2.32. The van der Waals surface area contributed by atoms with Crippen molar-refractivity contribution in [3.8, 4) is 0 Å². The van der Waals surface area contributed by atoms with Gasteiger partial charge in [-0.3, -0.25) is 0 Å². The predicted octanol–water partition coefficient (Wildman–Crippen LogP) is 1.77. The van der Waals surface area contributed by atoms with Crippen molar-refractivity contribution in [2.75, 3.05) is 6.61 Å². The van der Waals surface area contributed by atoms with Crippen molar-refractivity contribution < 1.29 is 14.6 Å². The average Bonchev–Trinajstić information content (AvgIpc) is 2.71. The summed E-state index contributed by atoms with van der Waals surface area (Å²) in [5.74, 6) is -0.462. The molecular formula is C11H11BrN2O3. The maximum absolute atomic E-state index is 11.5. The number of carbonyl (C=O) groups is 1. The molecule has 2 aromatic rings. The van der Waals surface area contributed by atoms with Crippen LogP contribution in [0, 0.1) is 0 Å². The first-order chi connectivity index (χ1) is 8.15. The number of hydrogen-bond donors (Lipinski definition) is 1. The Morgan fingerprint density at radius 2 is 2.35 bits per heavy atom. The van der Waals surface area contributed by atoms with Gasteiger partial charge in [0.25, 0.3) is 0 Å². The van der Waals surface area contributed by atoms with Gasteiger partial charge in [0.2, 0.25) is 0 Å². The number of aliphatic hydroxyl groups excluding tert-OH is 1. The molecule has 0 aromatic carbocycles. The third-order valence-electron chi connectivity index (χ3n) is 2.25. The van der Waals surface area contributed by atoms with Gasteiger partial charge >= 0.3 is 5.97 Å². The fraction of sp³-hybridized carbons (Fsp3) is 0.273. The molecule has 2 aromatic heterocycles. The summed E-state index contributed by atoms with van der Waals surface area (Å²) < 4.78 is 7.36. The number of hydrogen-bond acceptors (Lipinski definition) is 4. The Kier molecular flexibility index (Phi) is 3.44. The van der Waals surface area contributed by atoms with E-state index >= 15 is 0 Å².